The maximum Gasteiger partial charge on any atom is 0.306 e. The first-order valence-electron chi connectivity index (χ1n) is 4.35. The molecule has 0 aliphatic heterocycles. The molecule has 0 saturated heterocycles. The Bertz CT molecular complexity index is 320. The summed E-state index contributed by atoms with van der Waals surface area (Å²) in [5, 5.41) is 8.69. The molecule has 0 bridgehead atoms. The van der Waals surface area contributed by atoms with E-state index in [1.165, 1.54) is 6.26 Å². The first kappa shape index (κ1) is 10.6. The normalized spacial score (nSPS) is 12.5. The van der Waals surface area contributed by atoms with Gasteiger partial charge in [0.1, 0.15) is 6.26 Å². The highest BCUT2D eigenvalue weighted by molar-refractivity contribution is 5.69. The van der Waals surface area contributed by atoms with Crippen LogP contribution in [0.5, 0.6) is 0 Å². The summed E-state index contributed by atoms with van der Waals surface area (Å²) in [6.07, 6.45) is 1.89. The van der Waals surface area contributed by atoms with Crippen molar-refractivity contribution >= 4 is 12.0 Å². The molecule has 0 radical (unpaired) electrons. The number of carboxylic acid groups (broad SMARTS) is 1. The van der Waals surface area contributed by atoms with Crippen molar-refractivity contribution in [2.45, 2.75) is 13.3 Å². The standard InChI is InChI=1S/C9H14N2O3/c1-6(8(12)13)4-7-5-14-9(10-7)11(2)3/h5-6H,4H2,1-3H3,(H,12,13). The van der Waals surface area contributed by atoms with Gasteiger partial charge in [0.05, 0.1) is 11.6 Å². The second-order valence-corrected chi connectivity index (χ2v) is 3.46. The molecule has 1 rings (SSSR count). The highest BCUT2D eigenvalue weighted by Crippen LogP contribution is 2.13. The Hall–Kier alpha value is -1.52. The molecule has 0 saturated carbocycles. The smallest absolute Gasteiger partial charge is 0.306 e. The molecule has 1 unspecified atom stereocenters. The number of carbonyl (C=O) groups is 1. The monoisotopic (exact) mass is 198 g/mol. The van der Waals surface area contributed by atoms with E-state index in [9.17, 15) is 4.79 Å². The minimum absolute atomic E-state index is 0.396. The van der Waals surface area contributed by atoms with Crippen molar-refractivity contribution in [1.82, 2.24) is 4.98 Å². The molecule has 0 amide bonds. The molecule has 1 aromatic heterocycles. The van der Waals surface area contributed by atoms with E-state index in [1.807, 2.05) is 14.1 Å². The molecule has 0 spiro atoms. The molecule has 0 aromatic carbocycles. The zero-order valence-electron chi connectivity index (χ0n) is 8.52. The minimum Gasteiger partial charge on any atom is -0.481 e. The van der Waals surface area contributed by atoms with Gasteiger partial charge < -0.3 is 14.4 Å². The fraction of sp³-hybridized carbons (Fsp3) is 0.556. The number of rotatable bonds is 4. The SMILES string of the molecule is CC(Cc1coc(N(C)C)n1)C(=O)O. The van der Waals surface area contributed by atoms with E-state index in [0.29, 0.717) is 18.1 Å². The molecule has 0 aliphatic rings. The van der Waals surface area contributed by atoms with Crippen molar-refractivity contribution in [2.75, 3.05) is 19.0 Å². The predicted octanol–water partition coefficient (Wildman–Crippen LogP) is 1.00. The van der Waals surface area contributed by atoms with Gasteiger partial charge in [-0.25, -0.2) is 0 Å². The van der Waals surface area contributed by atoms with Crippen molar-refractivity contribution in [2.24, 2.45) is 5.92 Å². The Labute approximate surface area is 82.4 Å². The fourth-order valence-corrected chi connectivity index (χ4v) is 0.996. The molecule has 1 heterocycles. The number of oxazole rings is 1. The number of hydrogen-bond donors (Lipinski definition) is 1. The second kappa shape index (κ2) is 4.13. The molecule has 0 fully saturated rings. The number of carboxylic acids is 1. The summed E-state index contributed by atoms with van der Waals surface area (Å²) in [7, 11) is 3.63. The fourth-order valence-electron chi connectivity index (χ4n) is 0.996. The molecule has 0 aliphatic carbocycles. The van der Waals surface area contributed by atoms with Crippen molar-refractivity contribution in [3.05, 3.63) is 12.0 Å². The number of aliphatic carboxylic acids is 1. The van der Waals surface area contributed by atoms with Gasteiger partial charge >= 0.3 is 5.97 Å². The van der Waals surface area contributed by atoms with Gasteiger partial charge in [-0.1, -0.05) is 6.92 Å². The summed E-state index contributed by atoms with van der Waals surface area (Å²) in [5.74, 6) is -1.26. The lowest BCUT2D eigenvalue weighted by atomic mass is 10.1. The highest BCUT2D eigenvalue weighted by atomic mass is 16.4. The van der Waals surface area contributed by atoms with Crippen LogP contribution in [0.1, 0.15) is 12.6 Å². The van der Waals surface area contributed by atoms with Crippen LogP contribution >= 0.6 is 0 Å². The van der Waals surface area contributed by atoms with Crippen molar-refractivity contribution < 1.29 is 14.3 Å². The van der Waals surface area contributed by atoms with Gasteiger partial charge in [-0.05, 0) is 0 Å². The maximum atomic E-state index is 10.6. The summed E-state index contributed by atoms with van der Waals surface area (Å²) in [6, 6.07) is 0.498. The molecule has 1 N–H and O–H groups in total. The van der Waals surface area contributed by atoms with Gasteiger partial charge in [0.25, 0.3) is 6.01 Å². The zero-order chi connectivity index (χ0) is 10.7. The quantitative estimate of drug-likeness (QED) is 0.781. The third-order valence-corrected chi connectivity index (χ3v) is 1.86. The first-order valence-corrected chi connectivity index (χ1v) is 4.35. The number of hydrogen-bond acceptors (Lipinski definition) is 4. The summed E-state index contributed by atoms with van der Waals surface area (Å²) in [5.41, 5.74) is 0.670. The van der Waals surface area contributed by atoms with Crippen LogP contribution in [0.3, 0.4) is 0 Å². The van der Waals surface area contributed by atoms with E-state index < -0.39 is 11.9 Å². The average molecular weight is 198 g/mol. The van der Waals surface area contributed by atoms with E-state index >= 15 is 0 Å². The maximum absolute atomic E-state index is 10.6. The Morgan fingerprint density at radius 1 is 1.71 bits per heavy atom. The third-order valence-electron chi connectivity index (χ3n) is 1.86. The average Bonchev–Trinajstić information content (AvgIpc) is 2.52. The van der Waals surface area contributed by atoms with Gasteiger partial charge in [-0.3, -0.25) is 4.79 Å². The molecular weight excluding hydrogens is 184 g/mol. The van der Waals surface area contributed by atoms with Crippen LogP contribution in [0.4, 0.5) is 6.01 Å². The number of nitrogens with zero attached hydrogens (tertiary/aromatic N) is 2. The predicted molar refractivity (Wildman–Crippen MR) is 51.3 cm³/mol. The Kier molecular flexibility index (Phi) is 3.11. The van der Waals surface area contributed by atoms with Gasteiger partial charge in [0.2, 0.25) is 0 Å². The molecule has 5 heteroatoms. The van der Waals surface area contributed by atoms with Gasteiger partial charge in [0.15, 0.2) is 0 Å². The largest absolute Gasteiger partial charge is 0.481 e. The van der Waals surface area contributed by atoms with E-state index in [1.54, 1.807) is 11.8 Å². The van der Waals surface area contributed by atoms with E-state index in [0.717, 1.165) is 0 Å². The Balaban J connectivity index is 2.64. The lowest BCUT2D eigenvalue weighted by Gasteiger charge is -2.04. The van der Waals surface area contributed by atoms with Crippen LogP contribution in [-0.2, 0) is 11.2 Å². The molecule has 1 atom stereocenters. The Morgan fingerprint density at radius 2 is 2.36 bits per heavy atom. The molecule has 14 heavy (non-hydrogen) atoms. The first-order chi connectivity index (χ1) is 6.50. The van der Waals surface area contributed by atoms with Crippen LogP contribution < -0.4 is 4.90 Å². The molecule has 1 aromatic rings. The van der Waals surface area contributed by atoms with Crippen LogP contribution in [-0.4, -0.2) is 30.2 Å². The van der Waals surface area contributed by atoms with Gasteiger partial charge in [-0.2, -0.15) is 4.98 Å². The van der Waals surface area contributed by atoms with Crippen LogP contribution in [0.15, 0.2) is 10.7 Å². The third kappa shape index (κ3) is 2.48. The van der Waals surface area contributed by atoms with E-state index in [2.05, 4.69) is 4.98 Å². The zero-order valence-corrected chi connectivity index (χ0v) is 8.52. The van der Waals surface area contributed by atoms with Crippen molar-refractivity contribution in [3.8, 4) is 0 Å². The molecular formula is C9H14N2O3. The molecule has 5 nitrogen and oxygen atoms in total. The van der Waals surface area contributed by atoms with Crippen molar-refractivity contribution in [1.29, 1.82) is 0 Å². The Morgan fingerprint density at radius 3 is 2.79 bits per heavy atom. The molecule has 78 valence electrons. The van der Waals surface area contributed by atoms with Gasteiger partial charge in [0, 0.05) is 20.5 Å². The summed E-state index contributed by atoms with van der Waals surface area (Å²) in [6.45, 7) is 1.65. The van der Waals surface area contributed by atoms with E-state index in [4.69, 9.17) is 9.52 Å². The number of anilines is 1. The van der Waals surface area contributed by atoms with Crippen molar-refractivity contribution in [3.63, 3.8) is 0 Å². The van der Waals surface area contributed by atoms with Gasteiger partial charge in [-0.15, -0.1) is 0 Å². The summed E-state index contributed by atoms with van der Waals surface area (Å²) >= 11 is 0. The number of aromatic nitrogens is 1. The lowest BCUT2D eigenvalue weighted by Crippen LogP contribution is -2.13. The minimum atomic E-state index is -0.820. The van der Waals surface area contributed by atoms with Crippen LogP contribution in [0.25, 0.3) is 0 Å². The summed E-state index contributed by atoms with van der Waals surface area (Å²) in [4.78, 5) is 16.4. The second-order valence-electron chi connectivity index (χ2n) is 3.46. The van der Waals surface area contributed by atoms with E-state index in [-0.39, 0.29) is 0 Å². The highest BCUT2D eigenvalue weighted by Gasteiger charge is 2.14. The van der Waals surface area contributed by atoms with Crippen LogP contribution in [0, 0.1) is 5.92 Å². The van der Waals surface area contributed by atoms with Crippen LogP contribution in [0.2, 0.25) is 0 Å². The topological polar surface area (TPSA) is 66.6 Å². The summed E-state index contributed by atoms with van der Waals surface area (Å²) < 4.78 is 5.13. The lowest BCUT2D eigenvalue weighted by molar-refractivity contribution is -0.141.